The molecule has 1 aliphatic rings. The monoisotopic (exact) mass is 308 g/mol. The van der Waals surface area contributed by atoms with E-state index in [1.54, 1.807) is 12.4 Å². The van der Waals surface area contributed by atoms with Crippen LogP contribution >= 0.6 is 0 Å². The van der Waals surface area contributed by atoms with Gasteiger partial charge in [0.25, 0.3) is 0 Å². The Morgan fingerprint density at radius 2 is 1.82 bits per heavy atom. The standard InChI is InChI=1S/C15H15F3N4/c16-15(17,18)11-1-3-12(4-2-11)22-9-10(8-19)7-13-14(22)21-6-5-20-13/h1-6,10H,7-9,19H2. The molecule has 0 aliphatic carbocycles. The van der Waals surface area contributed by atoms with Gasteiger partial charge in [-0.15, -0.1) is 0 Å². The van der Waals surface area contributed by atoms with Crippen LogP contribution in [0.1, 0.15) is 11.3 Å². The minimum absolute atomic E-state index is 0.200. The normalized spacial score (nSPS) is 18.2. The van der Waals surface area contributed by atoms with Gasteiger partial charge in [-0.05, 0) is 43.1 Å². The van der Waals surface area contributed by atoms with Gasteiger partial charge in [-0.2, -0.15) is 13.2 Å². The van der Waals surface area contributed by atoms with Crippen LogP contribution in [-0.4, -0.2) is 23.1 Å². The molecule has 1 unspecified atom stereocenters. The molecule has 0 spiro atoms. The predicted molar refractivity (Wildman–Crippen MR) is 76.7 cm³/mol. The average Bonchev–Trinajstić information content (AvgIpc) is 2.53. The van der Waals surface area contributed by atoms with Crippen molar-refractivity contribution in [3.05, 3.63) is 47.9 Å². The Morgan fingerprint density at radius 3 is 2.45 bits per heavy atom. The lowest BCUT2D eigenvalue weighted by atomic mass is 9.97. The molecule has 0 radical (unpaired) electrons. The maximum atomic E-state index is 12.7. The van der Waals surface area contributed by atoms with E-state index in [1.807, 2.05) is 4.90 Å². The van der Waals surface area contributed by atoms with Crippen molar-refractivity contribution in [1.82, 2.24) is 9.97 Å². The van der Waals surface area contributed by atoms with Crippen molar-refractivity contribution in [3.8, 4) is 0 Å². The number of halogens is 3. The Hall–Kier alpha value is -2.15. The van der Waals surface area contributed by atoms with Crippen LogP contribution in [0, 0.1) is 5.92 Å². The highest BCUT2D eigenvalue weighted by molar-refractivity contribution is 5.63. The highest BCUT2D eigenvalue weighted by atomic mass is 19.4. The molecule has 0 saturated carbocycles. The first-order chi connectivity index (χ1) is 10.5. The first kappa shape index (κ1) is 14.8. The third kappa shape index (κ3) is 2.76. The molecule has 2 aromatic rings. The van der Waals surface area contributed by atoms with Crippen LogP contribution in [0.25, 0.3) is 0 Å². The highest BCUT2D eigenvalue weighted by Gasteiger charge is 2.31. The lowest BCUT2D eigenvalue weighted by molar-refractivity contribution is -0.137. The third-order valence-corrected chi connectivity index (χ3v) is 3.77. The number of nitrogens with two attached hydrogens (primary N) is 1. The average molecular weight is 308 g/mol. The minimum Gasteiger partial charge on any atom is -0.330 e. The van der Waals surface area contributed by atoms with Crippen LogP contribution in [0.5, 0.6) is 0 Å². The van der Waals surface area contributed by atoms with Crippen LogP contribution in [0.15, 0.2) is 36.7 Å². The van der Waals surface area contributed by atoms with Crippen LogP contribution in [0.2, 0.25) is 0 Å². The first-order valence-electron chi connectivity index (χ1n) is 6.94. The summed E-state index contributed by atoms with van der Waals surface area (Å²) in [6.07, 6.45) is -0.407. The number of hydrogen-bond acceptors (Lipinski definition) is 4. The number of nitrogens with zero attached hydrogens (tertiary/aromatic N) is 3. The van der Waals surface area contributed by atoms with Gasteiger partial charge in [0.05, 0.1) is 11.3 Å². The fraction of sp³-hybridized carbons (Fsp3) is 0.333. The van der Waals surface area contributed by atoms with E-state index in [1.165, 1.54) is 12.1 Å². The number of fused-ring (bicyclic) bond motifs is 1. The van der Waals surface area contributed by atoms with Crippen molar-refractivity contribution in [2.45, 2.75) is 12.6 Å². The van der Waals surface area contributed by atoms with Gasteiger partial charge in [0.2, 0.25) is 0 Å². The molecule has 3 rings (SSSR count). The van der Waals surface area contributed by atoms with Crippen molar-refractivity contribution >= 4 is 11.5 Å². The van der Waals surface area contributed by atoms with E-state index in [2.05, 4.69) is 9.97 Å². The maximum absolute atomic E-state index is 12.7. The Morgan fingerprint density at radius 1 is 1.14 bits per heavy atom. The fourth-order valence-corrected chi connectivity index (χ4v) is 2.63. The fourth-order valence-electron chi connectivity index (χ4n) is 2.63. The van der Waals surface area contributed by atoms with Crippen LogP contribution in [0.3, 0.4) is 0 Å². The molecule has 116 valence electrons. The van der Waals surface area contributed by atoms with E-state index in [0.717, 1.165) is 24.2 Å². The lowest BCUT2D eigenvalue weighted by Gasteiger charge is -2.33. The lowest BCUT2D eigenvalue weighted by Crippen LogP contribution is -2.36. The van der Waals surface area contributed by atoms with E-state index < -0.39 is 11.7 Å². The Kier molecular flexibility index (Phi) is 3.74. The van der Waals surface area contributed by atoms with Crippen LogP contribution < -0.4 is 10.6 Å². The van der Waals surface area contributed by atoms with Crippen molar-refractivity contribution in [2.75, 3.05) is 18.0 Å². The summed E-state index contributed by atoms with van der Waals surface area (Å²) in [5.41, 5.74) is 6.58. The van der Waals surface area contributed by atoms with Crippen molar-refractivity contribution in [3.63, 3.8) is 0 Å². The molecule has 4 nitrogen and oxygen atoms in total. The number of hydrogen-bond donors (Lipinski definition) is 1. The summed E-state index contributed by atoms with van der Waals surface area (Å²) >= 11 is 0. The number of rotatable bonds is 2. The second kappa shape index (κ2) is 5.57. The van der Waals surface area contributed by atoms with Gasteiger partial charge < -0.3 is 10.6 Å². The van der Waals surface area contributed by atoms with Crippen molar-refractivity contribution < 1.29 is 13.2 Å². The summed E-state index contributed by atoms with van der Waals surface area (Å²) in [6.45, 7) is 1.11. The molecule has 0 bridgehead atoms. The van der Waals surface area contributed by atoms with Crippen molar-refractivity contribution in [2.24, 2.45) is 11.7 Å². The number of anilines is 2. The zero-order chi connectivity index (χ0) is 15.7. The molecule has 22 heavy (non-hydrogen) atoms. The zero-order valence-corrected chi connectivity index (χ0v) is 11.7. The van der Waals surface area contributed by atoms with Gasteiger partial charge in [0, 0.05) is 24.6 Å². The molecule has 1 aromatic carbocycles. The molecule has 1 aliphatic heterocycles. The second-order valence-electron chi connectivity index (χ2n) is 5.29. The summed E-state index contributed by atoms with van der Waals surface area (Å²) < 4.78 is 38.0. The Balaban J connectivity index is 1.97. The quantitative estimate of drug-likeness (QED) is 0.927. The zero-order valence-electron chi connectivity index (χ0n) is 11.7. The largest absolute Gasteiger partial charge is 0.416 e. The molecular formula is C15H15F3N4. The summed E-state index contributed by atoms with van der Waals surface area (Å²) in [7, 11) is 0. The molecule has 7 heteroatoms. The molecule has 0 saturated heterocycles. The predicted octanol–water partition coefficient (Wildman–Crippen LogP) is 2.76. The van der Waals surface area contributed by atoms with Crippen molar-refractivity contribution in [1.29, 1.82) is 0 Å². The topological polar surface area (TPSA) is 55.0 Å². The SMILES string of the molecule is NCC1Cc2nccnc2N(c2ccc(C(F)(F)F)cc2)C1. The molecule has 0 amide bonds. The smallest absolute Gasteiger partial charge is 0.330 e. The van der Waals surface area contributed by atoms with Gasteiger partial charge >= 0.3 is 6.18 Å². The number of aromatic nitrogens is 2. The summed E-state index contributed by atoms with van der Waals surface area (Å²) in [4.78, 5) is 10.5. The van der Waals surface area contributed by atoms with E-state index in [4.69, 9.17) is 5.73 Å². The van der Waals surface area contributed by atoms with Crippen LogP contribution in [-0.2, 0) is 12.6 Å². The number of benzene rings is 1. The number of alkyl halides is 3. The van der Waals surface area contributed by atoms with Gasteiger partial charge in [-0.1, -0.05) is 0 Å². The maximum Gasteiger partial charge on any atom is 0.416 e. The molecule has 0 fully saturated rings. The summed E-state index contributed by atoms with van der Waals surface area (Å²) in [5, 5.41) is 0. The second-order valence-corrected chi connectivity index (χ2v) is 5.29. The Bertz CT molecular complexity index is 655. The minimum atomic E-state index is -4.34. The molecule has 1 aromatic heterocycles. The summed E-state index contributed by atoms with van der Waals surface area (Å²) in [6, 6.07) is 5.08. The molecular weight excluding hydrogens is 293 g/mol. The molecule has 2 heterocycles. The first-order valence-corrected chi connectivity index (χ1v) is 6.94. The van der Waals surface area contributed by atoms with Crippen LogP contribution in [0.4, 0.5) is 24.7 Å². The highest BCUT2D eigenvalue weighted by Crippen LogP contribution is 2.35. The van der Waals surface area contributed by atoms with Gasteiger partial charge in [-0.3, -0.25) is 4.98 Å². The summed E-state index contributed by atoms with van der Waals surface area (Å²) in [5.74, 6) is 0.887. The van der Waals surface area contributed by atoms with E-state index in [0.29, 0.717) is 24.6 Å². The van der Waals surface area contributed by atoms with Gasteiger partial charge in [0.1, 0.15) is 0 Å². The molecule has 1 atom stereocenters. The van der Waals surface area contributed by atoms with E-state index in [-0.39, 0.29) is 5.92 Å². The Labute approximate surface area is 125 Å². The molecule has 2 N–H and O–H groups in total. The van der Waals surface area contributed by atoms with Gasteiger partial charge in [-0.25, -0.2) is 4.98 Å². The van der Waals surface area contributed by atoms with Gasteiger partial charge in [0.15, 0.2) is 5.82 Å². The van der Waals surface area contributed by atoms with E-state index in [9.17, 15) is 13.2 Å². The third-order valence-electron chi connectivity index (χ3n) is 3.77. The van der Waals surface area contributed by atoms with E-state index >= 15 is 0 Å².